The van der Waals surface area contributed by atoms with Crippen molar-refractivity contribution in [3.63, 3.8) is 0 Å². The number of hydrogen-bond acceptors (Lipinski definition) is 6. The van der Waals surface area contributed by atoms with E-state index in [2.05, 4.69) is 28.3 Å². The third kappa shape index (κ3) is 4.79. The van der Waals surface area contributed by atoms with E-state index < -0.39 is 0 Å². The highest BCUT2D eigenvalue weighted by molar-refractivity contribution is 5.96. The second-order valence-electron chi connectivity index (χ2n) is 7.97. The Hall–Kier alpha value is -2.38. The van der Waals surface area contributed by atoms with E-state index in [0.717, 1.165) is 45.1 Å². The molecule has 1 aromatic carbocycles. The van der Waals surface area contributed by atoms with E-state index in [1.54, 1.807) is 6.07 Å². The molecule has 0 N–H and O–H groups in total. The summed E-state index contributed by atoms with van der Waals surface area (Å²) in [5, 5.41) is 3.91. The number of carbonyl (C=O) groups is 1. The number of nitrogens with zero attached hydrogens (tertiary/aromatic N) is 3. The van der Waals surface area contributed by atoms with Crippen LogP contribution in [0.3, 0.4) is 0 Å². The molecule has 1 atom stereocenters. The van der Waals surface area contributed by atoms with Gasteiger partial charge in [-0.15, -0.1) is 0 Å². The van der Waals surface area contributed by atoms with Gasteiger partial charge in [-0.05, 0) is 30.6 Å². The molecule has 0 aliphatic carbocycles. The summed E-state index contributed by atoms with van der Waals surface area (Å²) in [6, 6.07) is 10.0. The number of fused-ring (bicyclic) bond motifs is 1. The SMILES string of the molecule is CC(C)Oc1cc(CCC(=O)N2C[C@H](CN3CCOCC3)c3ccccc32)on1. The Morgan fingerprint density at radius 3 is 2.86 bits per heavy atom. The molecule has 2 aromatic rings. The first-order valence-electron chi connectivity index (χ1n) is 10.4. The molecule has 29 heavy (non-hydrogen) atoms. The topological polar surface area (TPSA) is 68.0 Å². The molecule has 0 radical (unpaired) electrons. The van der Waals surface area contributed by atoms with Crippen LogP contribution in [0.2, 0.25) is 0 Å². The smallest absolute Gasteiger partial charge is 0.254 e. The van der Waals surface area contributed by atoms with Gasteiger partial charge in [-0.25, -0.2) is 0 Å². The lowest BCUT2D eigenvalue weighted by molar-refractivity contribution is -0.118. The summed E-state index contributed by atoms with van der Waals surface area (Å²) < 4.78 is 16.3. The maximum absolute atomic E-state index is 13.0. The average molecular weight is 399 g/mol. The van der Waals surface area contributed by atoms with Crippen LogP contribution in [0, 0.1) is 0 Å². The Balaban J connectivity index is 1.38. The Kier molecular flexibility index (Phi) is 6.16. The average Bonchev–Trinajstić information content (AvgIpc) is 3.31. The number of anilines is 1. The Morgan fingerprint density at radius 1 is 1.28 bits per heavy atom. The van der Waals surface area contributed by atoms with Crippen LogP contribution in [0.1, 0.15) is 37.5 Å². The maximum atomic E-state index is 13.0. The van der Waals surface area contributed by atoms with Gasteiger partial charge >= 0.3 is 0 Å². The van der Waals surface area contributed by atoms with Crippen LogP contribution in [-0.4, -0.2) is 61.5 Å². The number of benzene rings is 1. The number of ether oxygens (including phenoxy) is 2. The summed E-state index contributed by atoms with van der Waals surface area (Å²) in [5.41, 5.74) is 2.30. The number of carbonyl (C=O) groups excluding carboxylic acids is 1. The molecule has 7 heteroatoms. The van der Waals surface area contributed by atoms with Crippen molar-refractivity contribution >= 4 is 11.6 Å². The van der Waals surface area contributed by atoms with E-state index in [-0.39, 0.29) is 12.0 Å². The van der Waals surface area contributed by atoms with Crippen LogP contribution < -0.4 is 9.64 Å². The van der Waals surface area contributed by atoms with Crippen molar-refractivity contribution in [1.29, 1.82) is 0 Å². The minimum atomic E-state index is 0.0408. The molecule has 3 heterocycles. The highest BCUT2D eigenvalue weighted by Crippen LogP contribution is 2.37. The van der Waals surface area contributed by atoms with Crippen LogP contribution in [0.15, 0.2) is 34.9 Å². The Bertz CT molecular complexity index is 829. The molecule has 2 aliphatic rings. The third-order valence-electron chi connectivity index (χ3n) is 5.43. The fraction of sp³-hybridized carbons (Fsp3) is 0.545. The standard InChI is InChI=1S/C22H29N3O4/c1-16(2)28-21-13-18(29-23-21)7-8-22(26)25-15-17(14-24-9-11-27-12-10-24)19-5-3-4-6-20(19)25/h3-6,13,16-17H,7-12,14-15H2,1-2H3/t17-/m0/s1. The molecule has 0 bridgehead atoms. The van der Waals surface area contributed by atoms with Crippen LogP contribution >= 0.6 is 0 Å². The van der Waals surface area contributed by atoms with E-state index in [9.17, 15) is 4.79 Å². The molecular formula is C22H29N3O4. The molecule has 0 unspecified atom stereocenters. The van der Waals surface area contributed by atoms with Crippen LogP contribution in [0.25, 0.3) is 0 Å². The van der Waals surface area contributed by atoms with Crippen molar-refractivity contribution < 1.29 is 18.8 Å². The molecule has 7 nitrogen and oxygen atoms in total. The lowest BCUT2D eigenvalue weighted by atomic mass is 10.0. The summed E-state index contributed by atoms with van der Waals surface area (Å²) >= 11 is 0. The van der Waals surface area contributed by atoms with E-state index in [1.807, 2.05) is 24.8 Å². The number of rotatable bonds is 7. The summed E-state index contributed by atoms with van der Waals surface area (Å²) in [4.78, 5) is 17.4. The van der Waals surface area contributed by atoms with Crippen molar-refractivity contribution in [1.82, 2.24) is 10.1 Å². The van der Waals surface area contributed by atoms with Crippen LogP contribution in [0.4, 0.5) is 5.69 Å². The highest BCUT2D eigenvalue weighted by atomic mass is 16.5. The zero-order chi connectivity index (χ0) is 20.2. The molecule has 1 fully saturated rings. The van der Waals surface area contributed by atoms with Gasteiger partial charge in [0.25, 0.3) is 5.88 Å². The minimum absolute atomic E-state index is 0.0408. The highest BCUT2D eigenvalue weighted by Gasteiger charge is 2.33. The normalized spacial score (nSPS) is 19.6. The fourth-order valence-corrected chi connectivity index (χ4v) is 4.06. The van der Waals surface area contributed by atoms with E-state index >= 15 is 0 Å². The zero-order valence-corrected chi connectivity index (χ0v) is 17.2. The summed E-state index contributed by atoms with van der Waals surface area (Å²) in [6.45, 7) is 9.06. The zero-order valence-electron chi connectivity index (χ0n) is 17.2. The Morgan fingerprint density at radius 2 is 2.07 bits per heavy atom. The van der Waals surface area contributed by atoms with Gasteiger partial charge in [-0.1, -0.05) is 18.2 Å². The van der Waals surface area contributed by atoms with Gasteiger partial charge in [0.15, 0.2) is 0 Å². The van der Waals surface area contributed by atoms with Crippen LogP contribution in [0.5, 0.6) is 5.88 Å². The van der Waals surface area contributed by atoms with Crippen molar-refractivity contribution in [3.8, 4) is 5.88 Å². The molecule has 2 aliphatic heterocycles. The second kappa shape index (κ2) is 8.97. The third-order valence-corrected chi connectivity index (χ3v) is 5.43. The first kappa shape index (κ1) is 19.9. The monoisotopic (exact) mass is 399 g/mol. The lowest BCUT2D eigenvalue weighted by Crippen LogP contribution is -2.40. The predicted molar refractivity (Wildman–Crippen MR) is 109 cm³/mol. The number of morpholine rings is 1. The van der Waals surface area contributed by atoms with E-state index in [0.29, 0.717) is 30.4 Å². The number of aryl methyl sites for hydroxylation is 1. The van der Waals surface area contributed by atoms with Gasteiger partial charge in [-0.3, -0.25) is 9.69 Å². The molecule has 1 amide bonds. The first-order valence-corrected chi connectivity index (χ1v) is 10.4. The number of amides is 1. The van der Waals surface area contributed by atoms with Gasteiger partial charge in [-0.2, -0.15) is 0 Å². The van der Waals surface area contributed by atoms with Crippen molar-refractivity contribution in [2.45, 2.75) is 38.7 Å². The van der Waals surface area contributed by atoms with Crippen molar-refractivity contribution in [3.05, 3.63) is 41.7 Å². The molecule has 0 spiro atoms. The Labute approximate surface area is 171 Å². The van der Waals surface area contributed by atoms with Crippen molar-refractivity contribution in [2.75, 3.05) is 44.3 Å². The summed E-state index contributed by atoms with van der Waals surface area (Å²) in [7, 11) is 0. The van der Waals surface area contributed by atoms with Crippen LogP contribution in [-0.2, 0) is 16.0 Å². The molecular weight excluding hydrogens is 370 g/mol. The lowest BCUT2D eigenvalue weighted by Gasteiger charge is -2.29. The first-order chi connectivity index (χ1) is 14.1. The quantitative estimate of drug-likeness (QED) is 0.713. The predicted octanol–water partition coefficient (Wildman–Crippen LogP) is 2.86. The van der Waals surface area contributed by atoms with Gasteiger partial charge in [0.05, 0.1) is 19.3 Å². The van der Waals surface area contributed by atoms with Gasteiger partial charge in [0.2, 0.25) is 5.91 Å². The van der Waals surface area contributed by atoms with Gasteiger partial charge in [0, 0.05) is 56.7 Å². The summed E-state index contributed by atoms with van der Waals surface area (Å²) in [6.07, 6.45) is 0.939. The van der Waals surface area contributed by atoms with E-state index in [4.69, 9.17) is 14.0 Å². The molecule has 1 aromatic heterocycles. The second-order valence-corrected chi connectivity index (χ2v) is 7.97. The van der Waals surface area contributed by atoms with Crippen molar-refractivity contribution in [2.24, 2.45) is 0 Å². The summed E-state index contributed by atoms with van der Waals surface area (Å²) in [5.74, 6) is 1.60. The number of hydrogen-bond donors (Lipinski definition) is 0. The fourth-order valence-electron chi connectivity index (χ4n) is 4.06. The number of para-hydroxylation sites is 1. The number of aromatic nitrogens is 1. The maximum Gasteiger partial charge on any atom is 0.254 e. The van der Waals surface area contributed by atoms with Gasteiger partial charge in [0.1, 0.15) is 5.76 Å². The molecule has 4 rings (SSSR count). The van der Waals surface area contributed by atoms with E-state index in [1.165, 1.54) is 5.56 Å². The minimum Gasteiger partial charge on any atom is -0.473 e. The molecule has 0 saturated carbocycles. The molecule has 1 saturated heterocycles. The van der Waals surface area contributed by atoms with Gasteiger partial charge < -0.3 is 18.9 Å². The molecule has 156 valence electrons. The largest absolute Gasteiger partial charge is 0.473 e.